The van der Waals surface area contributed by atoms with Gasteiger partial charge >= 0.3 is 0 Å². The van der Waals surface area contributed by atoms with Gasteiger partial charge in [-0.05, 0) is 111 Å². The molecule has 0 spiro atoms. The van der Waals surface area contributed by atoms with E-state index in [0.717, 1.165) is 67.7 Å². The third-order valence-electron chi connectivity index (χ3n) is 10.8. The van der Waals surface area contributed by atoms with Crippen LogP contribution in [0.3, 0.4) is 0 Å². The van der Waals surface area contributed by atoms with Crippen molar-refractivity contribution in [2.24, 2.45) is 0 Å². The number of rotatable bonds is 8. The van der Waals surface area contributed by atoms with E-state index in [1.165, 1.54) is 33.2 Å². The first-order valence-corrected chi connectivity index (χ1v) is 18.9. The SMILES string of the molecule is C1=C(c2ccc(Nc3ccc4ccccc4c3)c(-c3cccc(-c4cccc5oc6ccccc6c45)c3)c2)CC(c2ccccc2)C(Nc2ccccc2)=C1. The first-order chi connectivity index (χ1) is 27.2. The molecule has 0 amide bonds. The maximum absolute atomic E-state index is 6.28. The van der Waals surface area contributed by atoms with Crippen molar-refractivity contribution in [1.29, 1.82) is 0 Å². The maximum atomic E-state index is 6.28. The molecule has 55 heavy (non-hydrogen) atoms. The molecule has 9 aromatic rings. The molecule has 0 fully saturated rings. The van der Waals surface area contributed by atoms with Crippen molar-refractivity contribution in [3.8, 4) is 22.3 Å². The highest BCUT2D eigenvalue weighted by atomic mass is 16.3. The topological polar surface area (TPSA) is 37.2 Å². The third kappa shape index (κ3) is 6.36. The Morgan fingerprint density at radius 3 is 2.05 bits per heavy atom. The summed E-state index contributed by atoms with van der Waals surface area (Å²) in [5, 5.41) is 12.3. The lowest BCUT2D eigenvalue weighted by Gasteiger charge is -2.27. The molecule has 0 radical (unpaired) electrons. The van der Waals surface area contributed by atoms with Gasteiger partial charge in [0.2, 0.25) is 0 Å². The van der Waals surface area contributed by atoms with E-state index in [4.69, 9.17) is 4.42 Å². The summed E-state index contributed by atoms with van der Waals surface area (Å²) >= 11 is 0. The Labute approximate surface area is 320 Å². The van der Waals surface area contributed by atoms with Crippen LogP contribution in [-0.2, 0) is 0 Å². The van der Waals surface area contributed by atoms with Gasteiger partial charge in [-0.2, -0.15) is 0 Å². The summed E-state index contributed by atoms with van der Waals surface area (Å²) in [6.45, 7) is 0. The van der Waals surface area contributed by atoms with Crippen LogP contribution < -0.4 is 10.6 Å². The highest BCUT2D eigenvalue weighted by molar-refractivity contribution is 6.12. The van der Waals surface area contributed by atoms with Gasteiger partial charge in [0.1, 0.15) is 11.2 Å². The summed E-state index contributed by atoms with van der Waals surface area (Å²) in [6.07, 6.45) is 5.44. The largest absolute Gasteiger partial charge is 0.456 e. The lowest BCUT2D eigenvalue weighted by molar-refractivity contribution is 0.669. The van der Waals surface area contributed by atoms with E-state index < -0.39 is 0 Å². The average molecular weight is 707 g/mol. The Balaban J connectivity index is 1.09. The van der Waals surface area contributed by atoms with Crippen LogP contribution in [0, 0.1) is 0 Å². The molecule has 0 saturated carbocycles. The molecule has 1 atom stereocenters. The van der Waals surface area contributed by atoms with Crippen LogP contribution in [0.25, 0.3) is 60.5 Å². The fourth-order valence-electron chi connectivity index (χ4n) is 8.10. The van der Waals surface area contributed by atoms with Crippen LogP contribution in [0.1, 0.15) is 23.5 Å². The zero-order chi connectivity index (χ0) is 36.6. The monoisotopic (exact) mass is 706 g/mol. The molecule has 0 bridgehead atoms. The van der Waals surface area contributed by atoms with Gasteiger partial charge in [-0.15, -0.1) is 0 Å². The molecule has 0 saturated heterocycles. The van der Waals surface area contributed by atoms with Crippen molar-refractivity contribution in [3.05, 3.63) is 217 Å². The van der Waals surface area contributed by atoms with Gasteiger partial charge in [-0.3, -0.25) is 0 Å². The number of nitrogens with one attached hydrogen (secondary N) is 2. The van der Waals surface area contributed by atoms with Crippen molar-refractivity contribution in [2.75, 3.05) is 10.6 Å². The molecule has 10 rings (SSSR count). The number of hydrogen-bond acceptors (Lipinski definition) is 3. The van der Waals surface area contributed by atoms with Crippen LogP contribution in [0.5, 0.6) is 0 Å². The number of furan rings is 1. The highest BCUT2D eigenvalue weighted by Crippen LogP contribution is 2.43. The standard InChI is InChI=1S/C52H38N2O/c1-3-14-36(15-4-1)46-33-38(26-29-48(46)53-42-19-5-2-6-20-42)39-27-30-49(54-43-28-25-35-13-7-8-16-37(35)32-43)47(34-39)41-18-11-17-40(31-41)44-22-12-24-51-52(44)45-21-9-10-23-50(45)55-51/h1-32,34,46,53-54H,33H2. The summed E-state index contributed by atoms with van der Waals surface area (Å²) < 4.78 is 6.28. The van der Waals surface area contributed by atoms with Crippen LogP contribution >= 0.6 is 0 Å². The van der Waals surface area contributed by atoms with Gasteiger partial charge in [0.15, 0.2) is 0 Å². The van der Waals surface area contributed by atoms with Gasteiger partial charge in [0.05, 0.1) is 0 Å². The Morgan fingerprint density at radius 1 is 0.455 bits per heavy atom. The molecule has 1 aromatic heterocycles. The zero-order valence-electron chi connectivity index (χ0n) is 30.2. The molecule has 2 N–H and O–H groups in total. The maximum Gasteiger partial charge on any atom is 0.136 e. The van der Waals surface area contributed by atoms with Gasteiger partial charge in [0.25, 0.3) is 0 Å². The van der Waals surface area contributed by atoms with Crippen molar-refractivity contribution < 1.29 is 4.42 Å². The summed E-state index contributed by atoms with van der Waals surface area (Å²) in [4.78, 5) is 0. The lowest BCUT2D eigenvalue weighted by Crippen LogP contribution is -2.14. The van der Waals surface area contributed by atoms with Crippen LogP contribution in [0.4, 0.5) is 17.1 Å². The molecule has 1 unspecified atom stereocenters. The van der Waals surface area contributed by atoms with Crippen molar-refractivity contribution in [3.63, 3.8) is 0 Å². The number of hydrogen-bond donors (Lipinski definition) is 2. The molecule has 0 aliphatic heterocycles. The second-order valence-electron chi connectivity index (χ2n) is 14.3. The predicted molar refractivity (Wildman–Crippen MR) is 232 cm³/mol. The number of allylic oxidation sites excluding steroid dienone is 4. The van der Waals surface area contributed by atoms with Crippen LogP contribution in [0.2, 0.25) is 0 Å². The Hall–Kier alpha value is -7.10. The number of fused-ring (bicyclic) bond motifs is 4. The molecule has 3 heteroatoms. The van der Waals surface area contributed by atoms with E-state index in [9.17, 15) is 0 Å². The second kappa shape index (κ2) is 14.0. The van der Waals surface area contributed by atoms with Gasteiger partial charge in [-0.1, -0.05) is 140 Å². The van der Waals surface area contributed by atoms with Crippen LogP contribution in [0.15, 0.2) is 210 Å². The first kappa shape index (κ1) is 32.5. The van der Waals surface area contributed by atoms with Crippen molar-refractivity contribution in [1.82, 2.24) is 0 Å². The zero-order valence-corrected chi connectivity index (χ0v) is 30.2. The number of benzene rings is 8. The smallest absolute Gasteiger partial charge is 0.136 e. The van der Waals surface area contributed by atoms with Crippen LogP contribution in [-0.4, -0.2) is 0 Å². The Bertz CT molecular complexity index is 2900. The molecular formula is C52H38N2O. The molecule has 262 valence electrons. The predicted octanol–water partition coefficient (Wildman–Crippen LogP) is 14.4. The van der Waals surface area contributed by atoms with Gasteiger partial charge in [0, 0.05) is 45.0 Å². The van der Waals surface area contributed by atoms with Gasteiger partial charge in [-0.25, -0.2) is 0 Å². The summed E-state index contributed by atoms with van der Waals surface area (Å²) in [7, 11) is 0. The number of anilines is 3. The van der Waals surface area contributed by atoms with E-state index in [1.807, 2.05) is 12.1 Å². The minimum atomic E-state index is 0.189. The van der Waals surface area contributed by atoms with E-state index in [2.05, 4.69) is 199 Å². The van der Waals surface area contributed by atoms with Gasteiger partial charge < -0.3 is 15.1 Å². The fourth-order valence-corrected chi connectivity index (χ4v) is 8.10. The summed E-state index contributed by atoms with van der Waals surface area (Å²) in [6, 6.07) is 66.9. The minimum absolute atomic E-state index is 0.189. The van der Waals surface area contributed by atoms with Crippen molar-refractivity contribution >= 4 is 55.3 Å². The second-order valence-corrected chi connectivity index (χ2v) is 14.3. The highest BCUT2D eigenvalue weighted by Gasteiger charge is 2.23. The molecule has 1 aliphatic rings. The van der Waals surface area contributed by atoms with Crippen molar-refractivity contribution in [2.45, 2.75) is 12.3 Å². The summed E-state index contributed by atoms with van der Waals surface area (Å²) in [5.74, 6) is 0.189. The summed E-state index contributed by atoms with van der Waals surface area (Å²) in [5.41, 5.74) is 14.6. The molecule has 1 heterocycles. The first-order valence-electron chi connectivity index (χ1n) is 18.9. The quantitative estimate of drug-likeness (QED) is 0.165. The normalized spacial score (nSPS) is 14.1. The Morgan fingerprint density at radius 2 is 1.18 bits per heavy atom. The molecule has 8 aromatic carbocycles. The number of para-hydroxylation sites is 2. The van der Waals surface area contributed by atoms with E-state index in [0.29, 0.717) is 0 Å². The lowest BCUT2D eigenvalue weighted by atomic mass is 9.82. The fraction of sp³-hybridized carbons (Fsp3) is 0.0385. The molecule has 1 aliphatic carbocycles. The van der Waals surface area contributed by atoms with E-state index in [1.54, 1.807) is 0 Å². The average Bonchev–Trinajstić information content (AvgIpc) is 3.64. The molecule has 3 nitrogen and oxygen atoms in total. The third-order valence-corrected chi connectivity index (χ3v) is 10.8. The van der Waals surface area contributed by atoms with E-state index in [-0.39, 0.29) is 5.92 Å². The molecular weight excluding hydrogens is 669 g/mol. The minimum Gasteiger partial charge on any atom is -0.456 e. The Kier molecular flexibility index (Phi) is 8.31. The van der Waals surface area contributed by atoms with E-state index >= 15 is 0 Å².